The number of sulfonamides is 1. The van der Waals surface area contributed by atoms with E-state index < -0.39 is 43.7 Å². The Balaban J connectivity index is 2.17. The van der Waals surface area contributed by atoms with E-state index in [9.17, 15) is 31.5 Å². The Morgan fingerprint density at radius 1 is 1.18 bits per heavy atom. The molecule has 1 aromatic carbocycles. The van der Waals surface area contributed by atoms with Gasteiger partial charge in [0, 0.05) is 18.7 Å². The number of hydrogen-bond donors (Lipinski definition) is 2. The molecule has 2 heterocycles. The van der Waals surface area contributed by atoms with Crippen molar-refractivity contribution in [2.24, 2.45) is 0 Å². The van der Waals surface area contributed by atoms with Crippen LogP contribution in [0.2, 0.25) is 10.0 Å². The standard InChI is InChI=1S/C22H24Cl2F3N5O5S2/c1-6-32(7-2)19(33)15-16(38-18(28-15)17-29-30-20(37-17)21(4,5)34)11-8-9-12(14(24)13(11)23)39(35,36)31-10(3)22(25,26)27/h8-10,31,34H,6-7H2,1-5H3. The van der Waals surface area contributed by atoms with Crippen molar-refractivity contribution in [1.82, 2.24) is 24.8 Å². The van der Waals surface area contributed by atoms with E-state index in [1.807, 2.05) is 0 Å². The number of benzene rings is 1. The van der Waals surface area contributed by atoms with Gasteiger partial charge in [-0.15, -0.1) is 21.5 Å². The Kier molecular flexibility index (Phi) is 9.04. The van der Waals surface area contributed by atoms with E-state index in [2.05, 4.69) is 15.2 Å². The minimum atomic E-state index is -4.83. The van der Waals surface area contributed by atoms with Crippen molar-refractivity contribution in [2.45, 2.75) is 57.3 Å². The number of halogens is 5. The van der Waals surface area contributed by atoms with Gasteiger partial charge in [0.1, 0.15) is 22.2 Å². The molecule has 3 rings (SSSR count). The van der Waals surface area contributed by atoms with Crippen molar-refractivity contribution < 1.29 is 35.9 Å². The molecule has 17 heteroatoms. The molecule has 0 aliphatic rings. The molecule has 3 aromatic rings. The van der Waals surface area contributed by atoms with Crippen LogP contribution in [0.3, 0.4) is 0 Å². The molecule has 2 N–H and O–H groups in total. The normalized spacial score (nSPS) is 13.5. The second-order valence-corrected chi connectivity index (χ2v) is 12.2. The quantitative estimate of drug-likeness (QED) is 0.333. The molecule has 1 unspecified atom stereocenters. The summed E-state index contributed by atoms with van der Waals surface area (Å²) in [7, 11) is -4.72. The van der Waals surface area contributed by atoms with Gasteiger partial charge in [0.2, 0.25) is 15.9 Å². The summed E-state index contributed by atoms with van der Waals surface area (Å²) >= 11 is 13.6. The van der Waals surface area contributed by atoms with E-state index in [0.717, 1.165) is 17.4 Å². The Morgan fingerprint density at radius 3 is 2.31 bits per heavy atom. The van der Waals surface area contributed by atoms with Gasteiger partial charge in [0.05, 0.1) is 14.9 Å². The molecule has 2 aromatic heterocycles. The summed E-state index contributed by atoms with van der Waals surface area (Å²) in [4.78, 5) is 18.7. The molecule has 1 atom stereocenters. The zero-order chi connectivity index (χ0) is 29.5. The minimum Gasteiger partial charge on any atom is -0.415 e. The largest absolute Gasteiger partial charge is 0.415 e. The molecule has 0 saturated carbocycles. The minimum absolute atomic E-state index is 0.0703. The maximum absolute atomic E-state index is 13.3. The van der Waals surface area contributed by atoms with Crippen molar-refractivity contribution in [3.05, 3.63) is 33.8 Å². The third-order valence-electron chi connectivity index (χ3n) is 5.42. The Bertz CT molecular complexity index is 1480. The molecule has 0 saturated heterocycles. The maximum atomic E-state index is 13.3. The molecule has 1 amide bonds. The highest BCUT2D eigenvalue weighted by molar-refractivity contribution is 7.89. The van der Waals surface area contributed by atoms with E-state index in [1.165, 1.54) is 29.5 Å². The van der Waals surface area contributed by atoms with Gasteiger partial charge in [-0.2, -0.15) is 17.9 Å². The molecule has 10 nitrogen and oxygen atoms in total. The smallest absolute Gasteiger partial charge is 0.404 e. The van der Waals surface area contributed by atoms with Gasteiger partial charge in [-0.25, -0.2) is 13.4 Å². The predicted molar refractivity (Wildman–Crippen MR) is 139 cm³/mol. The lowest BCUT2D eigenvalue weighted by molar-refractivity contribution is -0.147. The fourth-order valence-electron chi connectivity index (χ4n) is 3.23. The van der Waals surface area contributed by atoms with Gasteiger partial charge in [-0.1, -0.05) is 29.3 Å². The summed E-state index contributed by atoms with van der Waals surface area (Å²) in [5, 5.41) is 17.1. The molecule has 39 heavy (non-hydrogen) atoms. The summed E-state index contributed by atoms with van der Waals surface area (Å²) < 4.78 is 71.2. The van der Waals surface area contributed by atoms with Crippen molar-refractivity contribution >= 4 is 50.5 Å². The molecular formula is C22H24Cl2F3N5O5S2. The summed E-state index contributed by atoms with van der Waals surface area (Å²) in [5.41, 5.74) is -1.41. The van der Waals surface area contributed by atoms with Crippen LogP contribution >= 0.6 is 34.5 Å². The van der Waals surface area contributed by atoms with Crippen LogP contribution in [-0.4, -0.2) is 64.8 Å². The number of aliphatic hydroxyl groups is 1. The molecule has 0 bridgehead atoms. The molecule has 0 spiro atoms. The van der Waals surface area contributed by atoms with Crippen molar-refractivity contribution in [3.8, 4) is 21.3 Å². The van der Waals surface area contributed by atoms with Crippen LogP contribution < -0.4 is 4.72 Å². The van der Waals surface area contributed by atoms with Crippen LogP contribution in [0.15, 0.2) is 21.4 Å². The van der Waals surface area contributed by atoms with Crippen LogP contribution in [0.5, 0.6) is 0 Å². The average Bonchev–Trinajstić information content (AvgIpc) is 3.48. The van der Waals surface area contributed by atoms with Gasteiger partial charge in [-0.3, -0.25) is 4.79 Å². The van der Waals surface area contributed by atoms with Gasteiger partial charge in [0.25, 0.3) is 11.8 Å². The van der Waals surface area contributed by atoms with Crippen LogP contribution in [-0.2, 0) is 15.6 Å². The van der Waals surface area contributed by atoms with Gasteiger partial charge >= 0.3 is 6.18 Å². The third-order valence-corrected chi connectivity index (χ3v) is 9.07. The second kappa shape index (κ2) is 11.3. The molecule has 214 valence electrons. The summed E-state index contributed by atoms with van der Waals surface area (Å²) in [6.45, 7) is 7.75. The SMILES string of the molecule is CCN(CC)C(=O)c1nc(-c2nnc(C(C)(C)O)o2)sc1-c1ccc(S(=O)(=O)NC(C)C(F)(F)F)c(Cl)c1Cl. The number of aromatic nitrogens is 3. The molecule has 0 aliphatic heterocycles. The number of amides is 1. The lowest BCUT2D eigenvalue weighted by atomic mass is 10.1. The lowest BCUT2D eigenvalue weighted by Gasteiger charge is -2.19. The maximum Gasteiger partial charge on any atom is 0.404 e. The zero-order valence-electron chi connectivity index (χ0n) is 21.2. The van der Waals surface area contributed by atoms with E-state index in [0.29, 0.717) is 20.0 Å². The van der Waals surface area contributed by atoms with Gasteiger partial charge in [-0.05, 0) is 40.7 Å². The van der Waals surface area contributed by atoms with Crippen molar-refractivity contribution in [3.63, 3.8) is 0 Å². The van der Waals surface area contributed by atoms with Crippen molar-refractivity contribution in [2.75, 3.05) is 13.1 Å². The van der Waals surface area contributed by atoms with E-state index >= 15 is 0 Å². The van der Waals surface area contributed by atoms with Crippen molar-refractivity contribution in [1.29, 1.82) is 0 Å². The highest BCUT2D eigenvalue weighted by Crippen LogP contribution is 2.43. The van der Waals surface area contributed by atoms with E-state index in [4.69, 9.17) is 27.6 Å². The Morgan fingerprint density at radius 2 is 1.79 bits per heavy atom. The zero-order valence-corrected chi connectivity index (χ0v) is 24.4. The van der Waals surface area contributed by atoms with E-state index in [1.54, 1.807) is 13.8 Å². The van der Waals surface area contributed by atoms with Crippen LogP contribution in [0.1, 0.15) is 51.0 Å². The number of hydrogen-bond acceptors (Lipinski definition) is 9. The van der Waals surface area contributed by atoms with Crippen LogP contribution in [0, 0.1) is 0 Å². The number of rotatable bonds is 9. The van der Waals surface area contributed by atoms with Crippen LogP contribution in [0.4, 0.5) is 13.2 Å². The summed E-state index contributed by atoms with van der Waals surface area (Å²) in [6, 6.07) is -0.186. The lowest BCUT2D eigenvalue weighted by Crippen LogP contribution is -2.43. The number of nitrogens with one attached hydrogen (secondary N) is 1. The van der Waals surface area contributed by atoms with Gasteiger partial charge < -0.3 is 14.4 Å². The Hall–Kier alpha value is -2.30. The topological polar surface area (TPSA) is 139 Å². The monoisotopic (exact) mass is 629 g/mol. The predicted octanol–water partition coefficient (Wildman–Crippen LogP) is 5.11. The first-order valence-corrected chi connectivity index (χ1v) is 14.4. The molecule has 0 aliphatic carbocycles. The average molecular weight is 630 g/mol. The molecule has 0 fully saturated rings. The first kappa shape index (κ1) is 31.2. The number of carbonyl (C=O) groups is 1. The number of thiazole rings is 1. The summed E-state index contributed by atoms with van der Waals surface area (Å²) in [6.07, 6.45) is -4.83. The summed E-state index contributed by atoms with van der Waals surface area (Å²) in [5.74, 6) is -0.671. The van der Waals surface area contributed by atoms with E-state index in [-0.39, 0.29) is 37.9 Å². The van der Waals surface area contributed by atoms with Crippen LogP contribution in [0.25, 0.3) is 21.3 Å². The fourth-order valence-corrected chi connectivity index (χ4v) is 6.40. The molecule has 0 radical (unpaired) electrons. The second-order valence-electron chi connectivity index (χ2n) is 8.77. The number of alkyl halides is 3. The first-order valence-electron chi connectivity index (χ1n) is 11.4. The highest BCUT2D eigenvalue weighted by Gasteiger charge is 2.39. The molecular weight excluding hydrogens is 606 g/mol. The third kappa shape index (κ3) is 6.55. The number of carbonyl (C=O) groups excluding carboxylic acids is 1. The Labute approximate surface area is 236 Å². The first-order chi connectivity index (χ1) is 17.9. The highest BCUT2D eigenvalue weighted by atomic mass is 35.5. The van der Waals surface area contributed by atoms with Gasteiger partial charge in [0.15, 0.2) is 5.01 Å². The fraction of sp³-hybridized carbons (Fsp3) is 0.455. The number of nitrogens with zero attached hydrogens (tertiary/aromatic N) is 4.